The van der Waals surface area contributed by atoms with Crippen molar-refractivity contribution in [2.45, 2.75) is 59.0 Å². The van der Waals surface area contributed by atoms with Gasteiger partial charge in [-0.3, -0.25) is 14.3 Å². The lowest BCUT2D eigenvalue weighted by atomic mass is 10.0. The first kappa shape index (κ1) is 19.9. The average molecular weight is 383 g/mol. The zero-order chi connectivity index (χ0) is 20.3. The van der Waals surface area contributed by atoms with Gasteiger partial charge in [0.25, 0.3) is 5.91 Å². The second-order valence-corrected chi connectivity index (χ2v) is 7.48. The van der Waals surface area contributed by atoms with Gasteiger partial charge in [-0.05, 0) is 57.7 Å². The highest BCUT2D eigenvalue weighted by Gasteiger charge is 2.23. The van der Waals surface area contributed by atoms with Crippen molar-refractivity contribution in [3.63, 3.8) is 0 Å². The molecule has 0 aliphatic carbocycles. The molecule has 3 N–H and O–H groups in total. The molecule has 2 heterocycles. The van der Waals surface area contributed by atoms with Crippen LogP contribution in [0.15, 0.2) is 24.4 Å². The number of hydrogen-bond donors (Lipinski definition) is 2. The predicted molar refractivity (Wildman–Crippen MR) is 111 cm³/mol. The van der Waals surface area contributed by atoms with Crippen LogP contribution < -0.4 is 16.0 Å². The Bertz CT molecular complexity index is 874. The molecular weight excluding hydrogens is 354 g/mol. The largest absolute Gasteiger partial charge is 0.367 e. The van der Waals surface area contributed by atoms with Crippen LogP contribution in [-0.4, -0.2) is 34.2 Å². The highest BCUT2D eigenvalue weighted by Crippen LogP contribution is 2.32. The molecule has 1 unspecified atom stereocenters. The van der Waals surface area contributed by atoms with Gasteiger partial charge in [0, 0.05) is 30.9 Å². The highest BCUT2D eigenvalue weighted by molar-refractivity contribution is 6.07. The summed E-state index contributed by atoms with van der Waals surface area (Å²) in [5, 5.41) is 7.40. The van der Waals surface area contributed by atoms with E-state index in [1.54, 1.807) is 23.0 Å². The number of benzene rings is 1. The summed E-state index contributed by atoms with van der Waals surface area (Å²) in [6.45, 7) is 7.77. The Morgan fingerprint density at radius 1 is 1.32 bits per heavy atom. The lowest BCUT2D eigenvalue weighted by Crippen LogP contribution is -2.38. The van der Waals surface area contributed by atoms with Crippen molar-refractivity contribution in [1.29, 1.82) is 0 Å². The first-order valence-corrected chi connectivity index (χ1v) is 9.96. The number of rotatable bonds is 6. The van der Waals surface area contributed by atoms with E-state index >= 15 is 0 Å². The van der Waals surface area contributed by atoms with E-state index in [0.29, 0.717) is 28.6 Å². The summed E-state index contributed by atoms with van der Waals surface area (Å²) < 4.78 is 1.79. The van der Waals surface area contributed by atoms with Crippen LogP contribution in [0, 0.1) is 6.92 Å². The monoisotopic (exact) mass is 383 g/mol. The molecule has 7 nitrogen and oxygen atoms in total. The molecule has 3 rings (SSSR count). The van der Waals surface area contributed by atoms with Crippen molar-refractivity contribution < 1.29 is 9.59 Å². The highest BCUT2D eigenvalue weighted by atomic mass is 16.2. The minimum Gasteiger partial charge on any atom is -0.367 e. The average Bonchev–Trinajstić information content (AvgIpc) is 3.03. The second kappa shape index (κ2) is 8.46. The number of carbonyl (C=O) groups excluding carboxylic acids is 2. The van der Waals surface area contributed by atoms with E-state index in [0.717, 1.165) is 38.0 Å². The van der Waals surface area contributed by atoms with Crippen LogP contribution in [0.5, 0.6) is 0 Å². The van der Waals surface area contributed by atoms with Gasteiger partial charge in [0.05, 0.1) is 22.6 Å². The molecule has 0 radical (unpaired) electrons. The number of primary amides is 1. The van der Waals surface area contributed by atoms with Gasteiger partial charge < -0.3 is 16.0 Å². The molecule has 0 spiro atoms. The molecule has 1 aromatic heterocycles. The van der Waals surface area contributed by atoms with Crippen molar-refractivity contribution in [3.8, 4) is 0 Å². The summed E-state index contributed by atoms with van der Waals surface area (Å²) in [5.41, 5.74) is 8.59. The summed E-state index contributed by atoms with van der Waals surface area (Å²) in [7, 11) is 0. The number of hydrogen-bond acceptors (Lipinski definition) is 4. The number of aromatic nitrogens is 2. The first-order valence-electron chi connectivity index (χ1n) is 9.96. The Balaban J connectivity index is 1.93. The van der Waals surface area contributed by atoms with E-state index in [9.17, 15) is 9.59 Å². The summed E-state index contributed by atoms with van der Waals surface area (Å²) in [6.07, 6.45) is 6.13. The molecule has 1 aliphatic rings. The number of piperidine rings is 1. The molecule has 1 fully saturated rings. The Kier molecular flexibility index (Phi) is 6.02. The zero-order valence-electron chi connectivity index (χ0n) is 16.9. The van der Waals surface area contributed by atoms with Gasteiger partial charge in [0.2, 0.25) is 5.91 Å². The van der Waals surface area contributed by atoms with Gasteiger partial charge in [-0.15, -0.1) is 0 Å². The van der Waals surface area contributed by atoms with E-state index < -0.39 is 5.91 Å². The Labute approximate surface area is 165 Å². The van der Waals surface area contributed by atoms with E-state index in [1.807, 2.05) is 13.0 Å². The van der Waals surface area contributed by atoms with E-state index in [1.165, 1.54) is 6.42 Å². The van der Waals surface area contributed by atoms with Crippen molar-refractivity contribution >= 4 is 23.2 Å². The van der Waals surface area contributed by atoms with Crippen molar-refractivity contribution in [2.75, 3.05) is 16.8 Å². The van der Waals surface area contributed by atoms with Crippen molar-refractivity contribution in [3.05, 3.63) is 41.2 Å². The van der Waals surface area contributed by atoms with Gasteiger partial charge in [0.1, 0.15) is 0 Å². The van der Waals surface area contributed by atoms with Gasteiger partial charge in [0.15, 0.2) is 0 Å². The minimum absolute atomic E-state index is 0.229. The molecule has 28 heavy (non-hydrogen) atoms. The molecule has 2 amide bonds. The Morgan fingerprint density at radius 2 is 2.11 bits per heavy atom. The normalized spacial score (nSPS) is 16.8. The smallest absolute Gasteiger partial charge is 0.259 e. The lowest BCUT2D eigenvalue weighted by Gasteiger charge is -2.36. The first-order chi connectivity index (χ1) is 13.4. The van der Waals surface area contributed by atoms with Crippen LogP contribution in [-0.2, 0) is 6.54 Å². The number of nitrogens with one attached hydrogen (secondary N) is 1. The van der Waals surface area contributed by atoms with Gasteiger partial charge in [-0.25, -0.2) is 0 Å². The van der Waals surface area contributed by atoms with Crippen molar-refractivity contribution in [1.82, 2.24) is 9.78 Å². The van der Waals surface area contributed by atoms with Crippen LogP contribution in [0.1, 0.15) is 65.9 Å². The summed E-state index contributed by atoms with van der Waals surface area (Å²) in [6, 6.07) is 5.64. The SMILES string of the molecule is CCCn1cc(C(=O)Nc2cc(C(N)=O)ccc2N2CCCCC2C)c(C)n1. The van der Waals surface area contributed by atoms with E-state index in [2.05, 4.69) is 29.2 Å². The van der Waals surface area contributed by atoms with Crippen LogP contribution in [0.4, 0.5) is 11.4 Å². The fourth-order valence-electron chi connectivity index (χ4n) is 3.77. The van der Waals surface area contributed by atoms with Gasteiger partial charge >= 0.3 is 0 Å². The maximum atomic E-state index is 13.0. The summed E-state index contributed by atoms with van der Waals surface area (Å²) in [4.78, 5) is 26.9. The van der Waals surface area contributed by atoms with Crippen LogP contribution >= 0.6 is 0 Å². The standard InChI is InChI=1S/C21H29N5O2/c1-4-10-25-13-17(15(3)24-25)21(28)23-18-12-16(20(22)27)8-9-19(18)26-11-6-5-7-14(26)2/h8-9,12-14H,4-7,10-11H2,1-3H3,(H2,22,27)(H,23,28). The van der Waals surface area contributed by atoms with Gasteiger partial charge in [-0.1, -0.05) is 6.92 Å². The Morgan fingerprint density at radius 3 is 2.79 bits per heavy atom. The topological polar surface area (TPSA) is 93.2 Å². The second-order valence-electron chi connectivity index (χ2n) is 7.48. The number of nitrogens with two attached hydrogens (primary N) is 1. The van der Waals surface area contributed by atoms with Crippen LogP contribution in [0.25, 0.3) is 0 Å². The maximum Gasteiger partial charge on any atom is 0.259 e. The number of nitrogens with zero attached hydrogens (tertiary/aromatic N) is 3. The molecular formula is C21H29N5O2. The van der Waals surface area contributed by atoms with E-state index in [4.69, 9.17) is 5.73 Å². The molecule has 7 heteroatoms. The van der Waals surface area contributed by atoms with E-state index in [-0.39, 0.29) is 5.91 Å². The quantitative estimate of drug-likeness (QED) is 0.800. The molecule has 1 atom stereocenters. The molecule has 2 aromatic rings. The number of aryl methyl sites for hydroxylation is 2. The number of carbonyl (C=O) groups is 2. The molecule has 0 saturated carbocycles. The molecule has 1 saturated heterocycles. The van der Waals surface area contributed by atoms with Crippen molar-refractivity contribution in [2.24, 2.45) is 5.73 Å². The Hall–Kier alpha value is -2.83. The number of anilines is 2. The number of amides is 2. The molecule has 0 bridgehead atoms. The maximum absolute atomic E-state index is 13.0. The lowest BCUT2D eigenvalue weighted by molar-refractivity contribution is 0.0996. The third kappa shape index (κ3) is 4.18. The van der Waals surface area contributed by atoms with Gasteiger partial charge in [-0.2, -0.15) is 5.10 Å². The zero-order valence-corrected chi connectivity index (χ0v) is 16.9. The fourth-order valence-corrected chi connectivity index (χ4v) is 3.77. The molecule has 150 valence electrons. The molecule has 1 aromatic carbocycles. The molecule has 1 aliphatic heterocycles. The van der Waals surface area contributed by atoms with Crippen LogP contribution in [0.2, 0.25) is 0 Å². The fraction of sp³-hybridized carbons (Fsp3) is 0.476. The summed E-state index contributed by atoms with van der Waals surface area (Å²) >= 11 is 0. The predicted octanol–water partition coefficient (Wildman–Crippen LogP) is 3.33. The third-order valence-corrected chi connectivity index (χ3v) is 5.29. The van der Waals surface area contributed by atoms with Crippen LogP contribution in [0.3, 0.4) is 0 Å². The summed E-state index contributed by atoms with van der Waals surface area (Å²) in [5.74, 6) is -0.743. The third-order valence-electron chi connectivity index (χ3n) is 5.29. The minimum atomic E-state index is -0.513.